The Hall–Kier alpha value is -1.10. The molecule has 2 rings (SSSR count). The van der Waals surface area contributed by atoms with Crippen LogP contribution in [0.4, 0.5) is 0 Å². The van der Waals surface area contributed by atoms with Gasteiger partial charge >= 0.3 is 0 Å². The van der Waals surface area contributed by atoms with E-state index in [0.717, 1.165) is 19.5 Å². The Bertz CT molecular complexity index is 377. The summed E-state index contributed by atoms with van der Waals surface area (Å²) in [5, 5.41) is 2.63. The van der Waals surface area contributed by atoms with Gasteiger partial charge in [-0.2, -0.15) is 0 Å². The molecule has 0 bridgehead atoms. The molecule has 2 amide bonds. The number of hydrogen-bond donors (Lipinski definition) is 1. The fourth-order valence-electron chi connectivity index (χ4n) is 3.21. The van der Waals surface area contributed by atoms with Gasteiger partial charge in [-0.05, 0) is 32.9 Å². The van der Waals surface area contributed by atoms with E-state index in [-0.39, 0.29) is 11.8 Å². The zero-order chi connectivity index (χ0) is 14.2. The van der Waals surface area contributed by atoms with E-state index in [1.807, 2.05) is 4.90 Å². The van der Waals surface area contributed by atoms with Crippen LogP contribution in [-0.4, -0.2) is 61.9 Å². The number of rotatable bonds is 4. The van der Waals surface area contributed by atoms with Gasteiger partial charge in [-0.25, -0.2) is 0 Å². The molecule has 1 aliphatic carbocycles. The summed E-state index contributed by atoms with van der Waals surface area (Å²) in [7, 11) is 5.73. The fourth-order valence-corrected chi connectivity index (χ4v) is 3.21. The van der Waals surface area contributed by atoms with Crippen LogP contribution in [0.15, 0.2) is 0 Å². The van der Waals surface area contributed by atoms with Crippen LogP contribution in [0.3, 0.4) is 0 Å². The molecule has 2 atom stereocenters. The lowest BCUT2D eigenvalue weighted by molar-refractivity contribution is -0.143. The molecule has 0 unspecified atom stereocenters. The third-order valence-electron chi connectivity index (χ3n) is 4.70. The summed E-state index contributed by atoms with van der Waals surface area (Å²) in [4.78, 5) is 28.6. The highest BCUT2D eigenvalue weighted by Crippen LogP contribution is 2.48. The van der Waals surface area contributed by atoms with Gasteiger partial charge in [0.15, 0.2) is 0 Å². The van der Waals surface area contributed by atoms with Crippen molar-refractivity contribution < 1.29 is 9.59 Å². The van der Waals surface area contributed by atoms with E-state index in [9.17, 15) is 9.59 Å². The Morgan fingerprint density at radius 2 is 1.95 bits per heavy atom. The largest absolute Gasteiger partial charge is 0.358 e. The second-order valence-corrected chi connectivity index (χ2v) is 6.07. The van der Waals surface area contributed by atoms with Gasteiger partial charge < -0.3 is 15.1 Å². The molecule has 5 heteroatoms. The van der Waals surface area contributed by atoms with Crippen molar-refractivity contribution in [3.8, 4) is 0 Å². The van der Waals surface area contributed by atoms with Crippen molar-refractivity contribution in [2.75, 3.05) is 34.2 Å². The summed E-state index contributed by atoms with van der Waals surface area (Å²) < 4.78 is 0. The standard InChI is InChI=1S/C14H25N3O2/c1-5-10-8-17(9-11(10)16(3)4)13(19)14(6-7-14)12(18)15-2/h10-11H,5-9H2,1-4H3,(H,15,18)/t10-,11-/m0/s1. The molecule has 1 aliphatic heterocycles. The van der Waals surface area contributed by atoms with Crippen molar-refractivity contribution in [1.29, 1.82) is 0 Å². The maximum atomic E-state index is 12.6. The van der Waals surface area contributed by atoms with Crippen LogP contribution < -0.4 is 5.32 Å². The number of carbonyl (C=O) groups is 2. The molecule has 1 saturated carbocycles. The average molecular weight is 267 g/mol. The number of nitrogens with zero attached hydrogens (tertiary/aromatic N) is 2. The lowest BCUT2D eigenvalue weighted by Gasteiger charge is -2.24. The lowest BCUT2D eigenvalue weighted by atomic mass is 10.0. The van der Waals surface area contributed by atoms with E-state index in [4.69, 9.17) is 0 Å². The predicted molar refractivity (Wildman–Crippen MR) is 73.6 cm³/mol. The lowest BCUT2D eigenvalue weighted by Crippen LogP contribution is -2.44. The number of hydrogen-bond acceptors (Lipinski definition) is 3. The first-order chi connectivity index (χ1) is 8.96. The summed E-state index contributed by atoms with van der Waals surface area (Å²) in [6.07, 6.45) is 2.47. The Morgan fingerprint density at radius 3 is 2.32 bits per heavy atom. The van der Waals surface area contributed by atoms with Crippen LogP contribution in [0.25, 0.3) is 0 Å². The van der Waals surface area contributed by atoms with Crippen molar-refractivity contribution in [2.45, 2.75) is 32.2 Å². The molecule has 1 heterocycles. The minimum Gasteiger partial charge on any atom is -0.358 e. The molecule has 108 valence electrons. The van der Waals surface area contributed by atoms with Gasteiger partial charge in [0.1, 0.15) is 5.41 Å². The highest BCUT2D eigenvalue weighted by atomic mass is 16.2. The van der Waals surface area contributed by atoms with Gasteiger partial charge in [-0.15, -0.1) is 0 Å². The van der Waals surface area contributed by atoms with E-state index < -0.39 is 5.41 Å². The number of nitrogens with one attached hydrogen (secondary N) is 1. The zero-order valence-electron chi connectivity index (χ0n) is 12.4. The maximum absolute atomic E-state index is 12.6. The van der Waals surface area contributed by atoms with E-state index in [0.29, 0.717) is 24.8 Å². The van der Waals surface area contributed by atoms with Crippen LogP contribution in [0, 0.1) is 11.3 Å². The van der Waals surface area contributed by atoms with Crippen LogP contribution in [-0.2, 0) is 9.59 Å². The average Bonchev–Trinajstić information content (AvgIpc) is 3.09. The molecule has 0 aromatic heterocycles. The van der Waals surface area contributed by atoms with Gasteiger partial charge in [0.05, 0.1) is 0 Å². The van der Waals surface area contributed by atoms with Crippen LogP contribution in [0.2, 0.25) is 0 Å². The highest BCUT2D eigenvalue weighted by molar-refractivity contribution is 6.07. The fraction of sp³-hybridized carbons (Fsp3) is 0.857. The zero-order valence-corrected chi connectivity index (χ0v) is 12.4. The summed E-state index contributed by atoms with van der Waals surface area (Å²) in [5.41, 5.74) is -0.742. The molecule has 0 spiro atoms. The summed E-state index contributed by atoms with van der Waals surface area (Å²) in [6.45, 7) is 3.71. The van der Waals surface area contributed by atoms with Gasteiger partial charge in [-0.1, -0.05) is 13.3 Å². The minimum atomic E-state index is -0.742. The molecule has 2 aliphatic rings. The van der Waals surface area contributed by atoms with E-state index >= 15 is 0 Å². The second-order valence-electron chi connectivity index (χ2n) is 6.07. The Kier molecular flexibility index (Phi) is 3.85. The third-order valence-corrected chi connectivity index (χ3v) is 4.70. The number of amides is 2. The monoisotopic (exact) mass is 267 g/mol. The van der Waals surface area contributed by atoms with E-state index in [2.05, 4.69) is 31.2 Å². The van der Waals surface area contributed by atoms with Gasteiger partial charge in [0.2, 0.25) is 11.8 Å². The van der Waals surface area contributed by atoms with Gasteiger partial charge in [-0.3, -0.25) is 9.59 Å². The first kappa shape index (κ1) is 14.3. The summed E-state index contributed by atoms with van der Waals surface area (Å²) in [5.74, 6) is 0.438. The summed E-state index contributed by atoms with van der Waals surface area (Å²) >= 11 is 0. The second kappa shape index (κ2) is 5.12. The number of carbonyl (C=O) groups excluding carboxylic acids is 2. The van der Waals surface area contributed by atoms with Crippen molar-refractivity contribution >= 4 is 11.8 Å². The smallest absolute Gasteiger partial charge is 0.238 e. The Labute approximate surface area is 115 Å². The minimum absolute atomic E-state index is 0.0367. The molecule has 1 saturated heterocycles. The SMILES string of the molecule is CC[C@H]1CN(C(=O)C2(C(=O)NC)CC2)C[C@@H]1N(C)C. The molecule has 2 fully saturated rings. The van der Waals surface area contributed by atoms with Crippen LogP contribution in [0.5, 0.6) is 0 Å². The third kappa shape index (κ3) is 2.36. The first-order valence-electron chi connectivity index (χ1n) is 7.14. The van der Waals surface area contributed by atoms with Crippen molar-refractivity contribution in [3.05, 3.63) is 0 Å². The van der Waals surface area contributed by atoms with Crippen molar-refractivity contribution in [1.82, 2.24) is 15.1 Å². The number of likely N-dealkylation sites (N-methyl/N-ethyl adjacent to an activating group) is 1. The molecular formula is C14H25N3O2. The van der Waals surface area contributed by atoms with Crippen molar-refractivity contribution in [2.24, 2.45) is 11.3 Å². The van der Waals surface area contributed by atoms with Gasteiger partial charge in [0, 0.05) is 26.2 Å². The molecular weight excluding hydrogens is 242 g/mol. The quantitative estimate of drug-likeness (QED) is 0.746. The topological polar surface area (TPSA) is 52.7 Å². The maximum Gasteiger partial charge on any atom is 0.238 e. The van der Waals surface area contributed by atoms with Crippen LogP contribution in [0.1, 0.15) is 26.2 Å². The Morgan fingerprint density at radius 1 is 1.32 bits per heavy atom. The number of likely N-dealkylation sites (tertiary alicyclic amines) is 1. The van der Waals surface area contributed by atoms with E-state index in [1.54, 1.807) is 7.05 Å². The normalized spacial score (nSPS) is 28.6. The van der Waals surface area contributed by atoms with Crippen LogP contribution >= 0.6 is 0 Å². The summed E-state index contributed by atoms with van der Waals surface area (Å²) in [6, 6.07) is 0.412. The molecule has 5 nitrogen and oxygen atoms in total. The molecule has 1 N–H and O–H groups in total. The molecule has 0 aromatic rings. The first-order valence-corrected chi connectivity index (χ1v) is 7.14. The highest BCUT2D eigenvalue weighted by Gasteiger charge is 2.58. The van der Waals surface area contributed by atoms with Gasteiger partial charge in [0.25, 0.3) is 0 Å². The van der Waals surface area contributed by atoms with E-state index in [1.165, 1.54) is 0 Å². The van der Waals surface area contributed by atoms with Crippen molar-refractivity contribution in [3.63, 3.8) is 0 Å². The molecule has 0 radical (unpaired) electrons. The molecule has 0 aromatic carbocycles. The predicted octanol–water partition coefficient (Wildman–Crippen LogP) is 0.311. The molecule has 19 heavy (non-hydrogen) atoms. The Balaban J connectivity index is 2.08.